The minimum absolute atomic E-state index is 0. The van der Waals surface area contributed by atoms with Crippen molar-refractivity contribution >= 4 is 0 Å². The Morgan fingerprint density at radius 2 is 0.733 bits per heavy atom. The molecule has 0 aliphatic carbocycles. The molecule has 1 fully saturated rings. The van der Waals surface area contributed by atoms with E-state index in [2.05, 4.69) is 27.9 Å². The van der Waals surface area contributed by atoms with Gasteiger partial charge in [-0.25, -0.2) is 0 Å². The van der Waals surface area contributed by atoms with Crippen LogP contribution in [0, 0.1) is 0 Å². The van der Waals surface area contributed by atoms with Gasteiger partial charge in [-0.3, -0.25) is 0 Å². The van der Waals surface area contributed by atoms with E-state index in [9.17, 15) is 0 Å². The fourth-order valence-electron chi connectivity index (χ4n) is 5.24. The van der Waals surface area contributed by atoms with Gasteiger partial charge in [0.25, 0.3) is 0 Å². The molecule has 1 aliphatic rings. The van der Waals surface area contributed by atoms with E-state index >= 15 is 0 Å². The quantitative estimate of drug-likeness (QED) is 0.137. The largest absolute Gasteiger partial charge is 1.00 e. The summed E-state index contributed by atoms with van der Waals surface area (Å²) in [5.74, 6) is 0. The van der Waals surface area contributed by atoms with Gasteiger partial charge in [0.15, 0.2) is 0 Å². The Morgan fingerprint density at radius 1 is 0.433 bits per heavy atom. The molecule has 1 heterocycles. The van der Waals surface area contributed by atoms with Crippen molar-refractivity contribution in [3.8, 4) is 0 Å². The molecule has 0 radical (unpaired) electrons. The van der Waals surface area contributed by atoms with Gasteiger partial charge < -0.3 is 32.9 Å². The van der Waals surface area contributed by atoms with Crippen LogP contribution in [0.15, 0.2) is 0 Å². The summed E-state index contributed by atoms with van der Waals surface area (Å²) in [5, 5.41) is 0. The number of likely N-dealkylation sites (N-methyl/N-ethyl adjacent to an activating group) is 2. The van der Waals surface area contributed by atoms with Crippen LogP contribution in [0.5, 0.6) is 0 Å². The van der Waals surface area contributed by atoms with Crippen molar-refractivity contribution in [3.63, 3.8) is 0 Å². The van der Waals surface area contributed by atoms with E-state index in [0.29, 0.717) is 0 Å². The molecule has 2 nitrogen and oxygen atoms in total. The van der Waals surface area contributed by atoms with Crippen LogP contribution in [-0.2, 0) is 0 Å². The third kappa shape index (κ3) is 15.5. The Bertz CT molecular complexity index is 342. The maximum Gasteiger partial charge on any atom is 0.128 e. The van der Waals surface area contributed by atoms with Crippen LogP contribution in [-0.4, -0.2) is 62.3 Å². The summed E-state index contributed by atoms with van der Waals surface area (Å²) in [7, 11) is 5.10. The van der Waals surface area contributed by atoms with Crippen LogP contribution in [0.2, 0.25) is 0 Å². The highest BCUT2D eigenvalue weighted by Gasteiger charge is 2.32. The number of quaternary nitrogens is 2. The molecule has 1 rings (SSSR count). The molecule has 0 saturated carbocycles. The highest BCUT2D eigenvalue weighted by atomic mass is 127. The molecule has 0 N–H and O–H groups in total. The molecule has 1 aliphatic heterocycles. The summed E-state index contributed by atoms with van der Waals surface area (Å²) >= 11 is 0. The van der Waals surface area contributed by atoms with E-state index < -0.39 is 0 Å². The van der Waals surface area contributed by atoms with Crippen molar-refractivity contribution in [1.29, 1.82) is 0 Å². The van der Waals surface area contributed by atoms with E-state index in [1.807, 2.05) is 0 Å². The van der Waals surface area contributed by atoms with E-state index in [4.69, 9.17) is 0 Å². The topological polar surface area (TPSA) is 0 Å². The lowest BCUT2D eigenvalue weighted by Gasteiger charge is -2.35. The van der Waals surface area contributed by atoms with E-state index in [-0.39, 0.29) is 24.0 Å². The van der Waals surface area contributed by atoms with Crippen LogP contribution in [0.4, 0.5) is 0 Å². The van der Waals surface area contributed by atoms with Crippen LogP contribution >= 0.6 is 0 Å². The third-order valence-corrected chi connectivity index (χ3v) is 7.68. The number of hydrogen-bond acceptors (Lipinski definition) is 0. The maximum absolute atomic E-state index is 2.55. The van der Waals surface area contributed by atoms with Gasteiger partial charge in [-0.05, 0) is 25.7 Å². The van der Waals surface area contributed by atoms with Crippen LogP contribution in [0.1, 0.15) is 123 Å². The number of hydrogen-bond donors (Lipinski definition) is 0. The predicted octanol–water partition coefficient (Wildman–Crippen LogP) is 4.57. The zero-order chi connectivity index (χ0) is 21.3. The SMILES string of the molecule is CCCCCCCCCC[N+]1(C)CCC[N+](C)(CCCCCCCCCC)CC1.[I-]. The average molecular weight is 538 g/mol. The monoisotopic (exact) mass is 537 g/mol. The molecule has 1 saturated heterocycles. The second-order valence-corrected chi connectivity index (χ2v) is 10.9. The standard InChI is InChI=1S/C27H58N2.HI/c1-5-7-9-11-13-15-17-19-22-28(3)24-21-25-29(4,27-26-28)23-20-18-16-14-12-10-8-6-2;/h5-27H2,1-4H3;1H/q+2;/p-1. The Hall–Kier alpha value is 0.650. The molecule has 3 heteroatoms. The fraction of sp³-hybridized carbons (Fsp3) is 1.00. The first-order valence-electron chi connectivity index (χ1n) is 13.7. The summed E-state index contributed by atoms with van der Waals surface area (Å²) in [4.78, 5) is 0. The third-order valence-electron chi connectivity index (χ3n) is 7.68. The zero-order valence-electron chi connectivity index (χ0n) is 21.5. The van der Waals surface area contributed by atoms with Crippen LogP contribution in [0.25, 0.3) is 0 Å². The second kappa shape index (κ2) is 19.1. The second-order valence-electron chi connectivity index (χ2n) is 10.9. The number of halogens is 1. The molecule has 30 heavy (non-hydrogen) atoms. The van der Waals surface area contributed by atoms with Gasteiger partial charge >= 0.3 is 0 Å². The van der Waals surface area contributed by atoms with Crippen molar-refractivity contribution in [2.75, 3.05) is 53.4 Å². The molecular weight excluding hydrogens is 479 g/mol. The Labute approximate surface area is 208 Å². The Morgan fingerprint density at radius 3 is 1.07 bits per heavy atom. The first-order valence-corrected chi connectivity index (χ1v) is 13.7. The first kappa shape index (κ1) is 30.6. The molecule has 182 valence electrons. The molecule has 0 spiro atoms. The number of nitrogens with zero attached hydrogens (tertiary/aromatic N) is 2. The van der Waals surface area contributed by atoms with E-state index in [1.54, 1.807) is 0 Å². The van der Waals surface area contributed by atoms with Crippen molar-refractivity contribution < 1.29 is 32.9 Å². The highest BCUT2D eigenvalue weighted by molar-refractivity contribution is 4.54. The Balaban J connectivity index is 0.00000841. The zero-order valence-corrected chi connectivity index (χ0v) is 23.7. The number of rotatable bonds is 18. The maximum atomic E-state index is 2.55. The number of unbranched alkanes of at least 4 members (excludes halogenated alkanes) is 14. The summed E-state index contributed by atoms with van der Waals surface area (Å²) < 4.78 is 2.70. The van der Waals surface area contributed by atoms with Gasteiger partial charge in [0.2, 0.25) is 0 Å². The predicted molar refractivity (Wildman–Crippen MR) is 131 cm³/mol. The highest BCUT2D eigenvalue weighted by Crippen LogP contribution is 2.19. The van der Waals surface area contributed by atoms with Crippen LogP contribution < -0.4 is 24.0 Å². The Kier molecular flexibility index (Phi) is 19.6. The summed E-state index contributed by atoms with van der Waals surface area (Å²) in [6.07, 6.45) is 24.6. The van der Waals surface area contributed by atoms with E-state index in [1.165, 1.54) is 157 Å². The molecular formula is C27H58IN2+. The minimum Gasteiger partial charge on any atom is -1.00 e. The van der Waals surface area contributed by atoms with Gasteiger partial charge in [-0.15, -0.1) is 0 Å². The lowest BCUT2D eigenvalue weighted by molar-refractivity contribution is -0.946. The van der Waals surface area contributed by atoms with E-state index in [0.717, 1.165) is 0 Å². The average Bonchev–Trinajstić information content (AvgIpc) is 2.85. The summed E-state index contributed by atoms with van der Waals surface area (Å²) in [5.41, 5.74) is 0. The lowest BCUT2D eigenvalue weighted by Crippen LogP contribution is -3.00. The lowest BCUT2D eigenvalue weighted by atomic mass is 10.1. The normalized spacial score (nSPS) is 24.4. The summed E-state index contributed by atoms with van der Waals surface area (Å²) in [6, 6.07) is 0. The first-order chi connectivity index (χ1) is 14.0. The molecule has 2 atom stereocenters. The molecule has 0 aromatic rings. The minimum atomic E-state index is 0. The van der Waals surface area contributed by atoms with Crippen molar-refractivity contribution in [1.82, 2.24) is 0 Å². The van der Waals surface area contributed by atoms with Crippen molar-refractivity contribution in [2.45, 2.75) is 123 Å². The van der Waals surface area contributed by atoms with Crippen LogP contribution in [0.3, 0.4) is 0 Å². The fourth-order valence-corrected chi connectivity index (χ4v) is 5.24. The molecule has 0 aromatic carbocycles. The van der Waals surface area contributed by atoms with Gasteiger partial charge in [0.05, 0.1) is 40.3 Å². The molecule has 2 unspecified atom stereocenters. The molecule has 0 amide bonds. The molecule has 0 aromatic heterocycles. The summed E-state index contributed by atoms with van der Waals surface area (Å²) in [6.45, 7) is 13.1. The van der Waals surface area contributed by atoms with Gasteiger partial charge in [0, 0.05) is 6.42 Å². The van der Waals surface area contributed by atoms with Gasteiger partial charge in [-0.2, -0.15) is 0 Å². The van der Waals surface area contributed by atoms with Crippen molar-refractivity contribution in [3.05, 3.63) is 0 Å². The van der Waals surface area contributed by atoms with Gasteiger partial charge in [-0.1, -0.05) is 90.9 Å². The van der Waals surface area contributed by atoms with Crippen molar-refractivity contribution in [2.24, 2.45) is 0 Å². The molecule has 0 bridgehead atoms. The van der Waals surface area contributed by atoms with Gasteiger partial charge in [0.1, 0.15) is 13.1 Å². The smallest absolute Gasteiger partial charge is 0.128 e.